The Labute approximate surface area is 253 Å². The summed E-state index contributed by atoms with van der Waals surface area (Å²) in [5.74, 6) is -0.890. The molecule has 4 rings (SSSR count). The third-order valence-electron chi connectivity index (χ3n) is 7.16. The van der Waals surface area contributed by atoms with Crippen LogP contribution in [0.25, 0.3) is 5.57 Å². The predicted octanol–water partition coefficient (Wildman–Crippen LogP) is 6.47. The Kier molecular flexibility index (Phi) is 9.37. The third-order valence-corrected chi connectivity index (χ3v) is 7.16. The first-order chi connectivity index (χ1) is 20.1. The van der Waals surface area contributed by atoms with Crippen molar-refractivity contribution >= 4 is 35.0 Å². The zero-order valence-corrected chi connectivity index (χ0v) is 26.3. The van der Waals surface area contributed by atoms with Crippen LogP contribution in [0, 0.1) is 12.7 Å². The minimum absolute atomic E-state index is 0.216. The Morgan fingerprint density at radius 3 is 1.98 bits per heavy atom. The quantitative estimate of drug-likeness (QED) is 0.437. The maximum Gasteiger partial charge on any atom is 0.410 e. The van der Waals surface area contributed by atoms with Gasteiger partial charge in [0.15, 0.2) is 0 Å². The summed E-state index contributed by atoms with van der Waals surface area (Å²) in [5, 5.41) is 2.87. The van der Waals surface area contributed by atoms with Crippen LogP contribution in [-0.2, 0) is 9.47 Å². The molecule has 0 saturated carbocycles. The first-order valence-electron chi connectivity index (χ1n) is 14.7. The van der Waals surface area contributed by atoms with E-state index in [2.05, 4.69) is 10.2 Å². The fraction of sp³-hybridized carbons (Fsp3) is 0.485. The second kappa shape index (κ2) is 12.7. The number of amides is 3. The molecular formula is C33H43FN4O5. The molecule has 2 heterocycles. The lowest BCUT2D eigenvalue weighted by Gasteiger charge is -2.37. The van der Waals surface area contributed by atoms with Gasteiger partial charge in [-0.25, -0.2) is 14.0 Å². The minimum Gasteiger partial charge on any atom is -0.444 e. The lowest BCUT2D eigenvalue weighted by Crippen LogP contribution is -2.50. The van der Waals surface area contributed by atoms with Crippen molar-refractivity contribution in [1.82, 2.24) is 9.80 Å². The average molecular weight is 595 g/mol. The second-order valence-electron chi connectivity index (χ2n) is 13.0. The van der Waals surface area contributed by atoms with Crippen molar-refractivity contribution in [2.45, 2.75) is 66.1 Å². The Bertz CT molecular complexity index is 1400. The van der Waals surface area contributed by atoms with E-state index in [4.69, 9.17) is 9.47 Å². The van der Waals surface area contributed by atoms with Crippen LogP contribution in [-0.4, -0.2) is 78.4 Å². The van der Waals surface area contributed by atoms with E-state index in [9.17, 15) is 14.4 Å². The van der Waals surface area contributed by atoms with Gasteiger partial charge in [0.05, 0.1) is 0 Å². The van der Waals surface area contributed by atoms with Crippen LogP contribution in [0.1, 0.15) is 69.4 Å². The van der Waals surface area contributed by atoms with Gasteiger partial charge >= 0.3 is 12.2 Å². The van der Waals surface area contributed by atoms with E-state index in [-0.39, 0.29) is 17.7 Å². The monoisotopic (exact) mass is 594 g/mol. The summed E-state index contributed by atoms with van der Waals surface area (Å²) in [4.78, 5) is 43.2. The van der Waals surface area contributed by atoms with E-state index >= 15 is 4.39 Å². The summed E-state index contributed by atoms with van der Waals surface area (Å²) in [6.45, 7) is 16.2. The first-order valence-corrected chi connectivity index (χ1v) is 14.7. The number of nitrogens with one attached hydrogen (secondary N) is 1. The molecule has 43 heavy (non-hydrogen) atoms. The molecule has 1 fully saturated rings. The van der Waals surface area contributed by atoms with Crippen molar-refractivity contribution < 1.29 is 28.2 Å². The zero-order valence-electron chi connectivity index (χ0n) is 26.3. The van der Waals surface area contributed by atoms with E-state index in [0.29, 0.717) is 56.9 Å². The maximum atomic E-state index is 15.1. The van der Waals surface area contributed by atoms with Crippen molar-refractivity contribution in [2.24, 2.45) is 0 Å². The Morgan fingerprint density at radius 1 is 0.814 bits per heavy atom. The number of piperazine rings is 1. The fourth-order valence-electron chi connectivity index (χ4n) is 5.07. The topological polar surface area (TPSA) is 91.4 Å². The van der Waals surface area contributed by atoms with Crippen molar-refractivity contribution in [3.8, 4) is 0 Å². The van der Waals surface area contributed by atoms with Gasteiger partial charge in [0, 0.05) is 61.8 Å². The zero-order chi connectivity index (χ0) is 31.5. The van der Waals surface area contributed by atoms with Crippen LogP contribution < -0.4 is 10.2 Å². The van der Waals surface area contributed by atoms with Crippen LogP contribution in [0.4, 0.5) is 25.4 Å². The highest BCUT2D eigenvalue weighted by Crippen LogP contribution is 2.28. The SMILES string of the molecule is Cc1cc(NC(=O)c2ccc(C3=CCN(C(=O)OC(C)(C)C)CC3)c(F)c2)ccc1N1CCN(C(=O)OC(C)(C)C)CC1. The molecule has 1 N–H and O–H groups in total. The van der Waals surface area contributed by atoms with Gasteiger partial charge in [-0.2, -0.15) is 0 Å². The highest BCUT2D eigenvalue weighted by atomic mass is 19.1. The number of ether oxygens (including phenoxy) is 2. The van der Waals surface area contributed by atoms with E-state index in [1.54, 1.807) is 21.9 Å². The van der Waals surface area contributed by atoms with Crippen molar-refractivity contribution in [1.29, 1.82) is 0 Å². The summed E-state index contributed by atoms with van der Waals surface area (Å²) in [5.41, 5.74) is 2.95. The van der Waals surface area contributed by atoms with Gasteiger partial charge in [-0.15, -0.1) is 0 Å². The van der Waals surface area contributed by atoms with E-state index in [1.165, 1.54) is 6.07 Å². The van der Waals surface area contributed by atoms with Crippen molar-refractivity contribution in [3.63, 3.8) is 0 Å². The van der Waals surface area contributed by atoms with Gasteiger partial charge in [0.2, 0.25) is 0 Å². The third kappa shape index (κ3) is 8.49. The van der Waals surface area contributed by atoms with Gasteiger partial charge in [0.1, 0.15) is 17.0 Å². The number of halogens is 1. The van der Waals surface area contributed by atoms with Crippen LogP contribution in [0.2, 0.25) is 0 Å². The number of hydrogen-bond donors (Lipinski definition) is 1. The molecule has 0 unspecified atom stereocenters. The lowest BCUT2D eigenvalue weighted by atomic mass is 9.97. The predicted molar refractivity (Wildman–Crippen MR) is 166 cm³/mol. The number of aryl methyl sites for hydroxylation is 1. The number of carbonyl (C=O) groups is 3. The first kappa shape index (κ1) is 31.8. The summed E-state index contributed by atoms with van der Waals surface area (Å²) in [7, 11) is 0. The number of nitrogens with zero attached hydrogens (tertiary/aromatic N) is 3. The molecule has 2 aromatic carbocycles. The number of hydrogen-bond acceptors (Lipinski definition) is 6. The summed E-state index contributed by atoms with van der Waals surface area (Å²) >= 11 is 0. The highest BCUT2D eigenvalue weighted by Gasteiger charge is 2.27. The van der Waals surface area contributed by atoms with E-state index in [1.807, 2.05) is 72.7 Å². The molecule has 0 spiro atoms. The van der Waals surface area contributed by atoms with Gasteiger partial charge in [-0.05, 0) is 96.4 Å². The number of benzene rings is 2. The average Bonchev–Trinajstić information content (AvgIpc) is 2.91. The Hall–Kier alpha value is -4.08. The molecule has 2 aliphatic rings. The van der Waals surface area contributed by atoms with Gasteiger partial charge in [-0.3, -0.25) is 4.79 Å². The van der Waals surface area contributed by atoms with Gasteiger partial charge in [-0.1, -0.05) is 12.1 Å². The maximum absolute atomic E-state index is 15.1. The lowest BCUT2D eigenvalue weighted by molar-refractivity contribution is 0.0237. The van der Waals surface area contributed by atoms with Crippen molar-refractivity contribution in [2.75, 3.05) is 49.5 Å². The highest BCUT2D eigenvalue weighted by molar-refractivity contribution is 6.04. The molecule has 10 heteroatoms. The number of carbonyl (C=O) groups excluding carboxylic acids is 3. The van der Waals surface area contributed by atoms with Crippen LogP contribution >= 0.6 is 0 Å². The molecule has 0 aromatic heterocycles. The molecule has 9 nitrogen and oxygen atoms in total. The molecular weight excluding hydrogens is 551 g/mol. The smallest absolute Gasteiger partial charge is 0.410 e. The molecule has 0 bridgehead atoms. The van der Waals surface area contributed by atoms with E-state index in [0.717, 1.165) is 16.8 Å². The molecule has 0 atom stereocenters. The van der Waals surface area contributed by atoms with Gasteiger partial charge < -0.3 is 29.5 Å². The summed E-state index contributed by atoms with van der Waals surface area (Å²) in [6, 6.07) is 10.1. The summed E-state index contributed by atoms with van der Waals surface area (Å²) in [6.07, 6.45) is 1.63. The second-order valence-corrected chi connectivity index (χ2v) is 13.0. The van der Waals surface area contributed by atoms with Crippen LogP contribution in [0.15, 0.2) is 42.5 Å². The number of anilines is 2. The number of rotatable bonds is 4. The largest absolute Gasteiger partial charge is 0.444 e. The molecule has 2 aromatic rings. The molecule has 0 aliphatic carbocycles. The molecule has 2 aliphatic heterocycles. The normalized spacial score (nSPS) is 16.0. The summed E-state index contributed by atoms with van der Waals surface area (Å²) < 4.78 is 26.0. The minimum atomic E-state index is -0.579. The Balaban J connectivity index is 1.34. The molecule has 232 valence electrons. The Morgan fingerprint density at radius 2 is 1.44 bits per heavy atom. The fourth-order valence-corrected chi connectivity index (χ4v) is 5.07. The standard InChI is InChI=1S/C33H43FN4O5/c1-22-20-25(9-11-28(22)36-16-18-38(19-17-36)31(41)43-33(5,6)7)35-29(39)24-8-10-26(27(34)21-24)23-12-14-37(15-13-23)30(40)42-32(2,3)4/h8-12,20-21H,13-19H2,1-7H3,(H,35,39). The van der Waals surface area contributed by atoms with Crippen LogP contribution in [0.3, 0.4) is 0 Å². The molecule has 1 saturated heterocycles. The van der Waals surface area contributed by atoms with Crippen molar-refractivity contribution in [3.05, 3.63) is 65.0 Å². The van der Waals surface area contributed by atoms with Crippen LogP contribution in [0.5, 0.6) is 0 Å². The van der Waals surface area contributed by atoms with E-state index < -0.39 is 22.9 Å². The molecule has 0 radical (unpaired) electrons. The van der Waals surface area contributed by atoms with Gasteiger partial charge in [0.25, 0.3) is 5.91 Å². The molecule has 3 amide bonds.